The first-order valence-corrected chi connectivity index (χ1v) is 5.69. The summed E-state index contributed by atoms with van der Waals surface area (Å²) in [5, 5.41) is 9.46. The van der Waals surface area contributed by atoms with Gasteiger partial charge in [-0.1, -0.05) is 12.1 Å². The summed E-state index contributed by atoms with van der Waals surface area (Å²) in [5.41, 5.74) is 9.66. The highest BCUT2D eigenvalue weighted by molar-refractivity contribution is 5.82. The number of rotatable bonds is 1. The molecule has 0 aliphatic rings. The van der Waals surface area contributed by atoms with Gasteiger partial charge in [0.2, 0.25) is 5.95 Å². The summed E-state index contributed by atoms with van der Waals surface area (Å²) in [6.07, 6.45) is 0. The van der Waals surface area contributed by atoms with Gasteiger partial charge >= 0.3 is 0 Å². The molecule has 0 bridgehead atoms. The zero-order valence-electron chi connectivity index (χ0n) is 9.96. The standard InChI is InChI=1S/C14H13N3O/c1-9-3-2-4-10(7-9)17-13-6-5-11(18)8-12(13)16-14(17)15/h2-8,18H,1H3,(H2,15,16). The van der Waals surface area contributed by atoms with Gasteiger partial charge in [0.05, 0.1) is 11.0 Å². The van der Waals surface area contributed by atoms with E-state index < -0.39 is 0 Å². The van der Waals surface area contributed by atoms with E-state index in [0.29, 0.717) is 11.5 Å². The third kappa shape index (κ3) is 1.59. The van der Waals surface area contributed by atoms with E-state index in [2.05, 4.69) is 4.98 Å². The Labute approximate surface area is 104 Å². The van der Waals surface area contributed by atoms with Crippen LogP contribution in [0.5, 0.6) is 5.75 Å². The number of aromatic hydroxyl groups is 1. The fraction of sp³-hybridized carbons (Fsp3) is 0.0714. The Morgan fingerprint density at radius 1 is 1.17 bits per heavy atom. The topological polar surface area (TPSA) is 64.1 Å². The zero-order chi connectivity index (χ0) is 12.7. The molecule has 1 heterocycles. The van der Waals surface area contributed by atoms with Crippen LogP contribution in [0.1, 0.15) is 5.56 Å². The normalized spacial score (nSPS) is 10.9. The number of nitrogen functional groups attached to an aromatic ring is 1. The number of phenolic OH excluding ortho intramolecular Hbond substituents is 1. The van der Waals surface area contributed by atoms with Crippen LogP contribution < -0.4 is 5.73 Å². The van der Waals surface area contributed by atoms with E-state index in [-0.39, 0.29) is 5.75 Å². The van der Waals surface area contributed by atoms with Gasteiger partial charge in [-0.15, -0.1) is 0 Å². The molecule has 3 aromatic rings. The third-order valence-corrected chi connectivity index (χ3v) is 2.92. The van der Waals surface area contributed by atoms with Crippen LogP contribution in [0.25, 0.3) is 16.7 Å². The molecule has 0 radical (unpaired) electrons. The molecule has 4 heteroatoms. The molecule has 0 unspecified atom stereocenters. The van der Waals surface area contributed by atoms with Gasteiger partial charge in [-0.2, -0.15) is 0 Å². The van der Waals surface area contributed by atoms with Crippen molar-refractivity contribution < 1.29 is 5.11 Å². The molecule has 0 aliphatic heterocycles. The van der Waals surface area contributed by atoms with Crippen molar-refractivity contribution in [2.75, 3.05) is 5.73 Å². The van der Waals surface area contributed by atoms with E-state index in [9.17, 15) is 5.11 Å². The summed E-state index contributed by atoms with van der Waals surface area (Å²) < 4.78 is 1.88. The van der Waals surface area contributed by atoms with Crippen molar-refractivity contribution in [1.82, 2.24) is 9.55 Å². The maximum atomic E-state index is 9.46. The fourth-order valence-corrected chi connectivity index (χ4v) is 2.13. The highest BCUT2D eigenvalue weighted by Gasteiger charge is 2.10. The average Bonchev–Trinajstić information content (AvgIpc) is 2.64. The van der Waals surface area contributed by atoms with Gasteiger partial charge in [0, 0.05) is 11.8 Å². The van der Waals surface area contributed by atoms with Crippen LogP contribution in [0.15, 0.2) is 42.5 Å². The van der Waals surface area contributed by atoms with Crippen molar-refractivity contribution in [2.45, 2.75) is 6.92 Å². The lowest BCUT2D eigenvalue weighted by molar-refractivity contribution is 0.476. The number of hydrogen-bond donors (Lipinski definition) is 2. The van der Waals surface area contributed by atoms with Gasteiger partial charge in [0.15, 0.2) is 0 Å². The van der Waals surface area contributed by atoms with E-state index in [0.717, 1.165) is 16.8 Å². The fourth-order valence-electron chi connectivity index (χ4n) is 2.13. The zero-order valence-corrected chi connectivity index (χ0v) is 9.96. The Bertz CT molecular complexity index is 731. The average molecular weight is 239 g/mol. The van der Waals surface area contributed by atoms with E-state index in [1.54, 1.807) is 12.1 Å². The van der Waals surface area contributed by atoms with Crippen molar-refractivity contribution >= 4 is 17.0 Å². The smallest absolute Gasteiger partial charge is 0.205 e. The predicted octanol–water partition coefficient (Wildman–Crippen LogP) is 2.62. The van der Waals surface area contributed by atoms with Crippen LogP contribution in [-0.2, 0) is 0 Å². The van der Waals surface area contributed by atoms with Gasteiger partial charge in [0.1, 0.15) is 5.75 Å². The van der Waals surface area contributed by atoms with Crippen LogP contribution >= 0.6 is 0 Å². The minimum absolute atomic E-state index is 0.191. The lowest BCUT2D eigenvalue weighted by Crippen LogP contribution is -2.00. The van der Waals surface area contributed by atoms with Crippen LogP contribution in [0.2, 0.25) is 0 Å². The summed E-state index contributed by atoms with van der Waals surface area (Å²) in [6, 6.07) is 13.1. The first-order valence-electron chi connectivity index (χ1n) is 5.69. The molecule has 4 nitrogen and oxygen atoms in total. The van der Waals surface area contributed by atoms with Crippen LogP contribution in [0, 0.1) is 6.92 Å². The molecule has 0 fully saturated rings. The number of phenols is 1. The Hall–Kier alpha value is -2.49. The number of aryl methyl sites for hydroxylation is 1. The van der Waals surface area contributed by atoms with E-state index >= 15 is 0 Å². The van der Waals surface area contributed by atoms with Crippen molar-refractivity contribution in [1.29, 1.82) is 0 Å². The van der Waals surface area contributed by atoms with Crippen molar-refractivity contribution in [3.63, 3.8) is 0 Å². The van der Waals surface area contributed by atoms with Crippen molar-refractivity contribution in [2.24, 2.45) is 0 Å². The van der Waals surface area contributed by atoms with Gasteiger partial charge in [-0.05, 0) is 36.8 Å². The predicted molar refractivity (Wildman–Crippen MR) is 71.9 cm³/mol. The number of nitrogens with two attached hydrogens (primary N) is 1. The Balaban J connectivity index is 2.32. The quantitative estimate of drug-likeness (QED) is 0.686. The summed E-state index contributed by atoms with van der Waals surface area (Å²) in [6.45, 7) is 2.03. The first kappa shape index (κ1) is 10.7. The molecule has 0 aliphatic carbocycles. The maximum Gasteiger partial charge on any atom is 0.205 e. The molecule has 0 amide bonds. The Morgan fingerprint density at radius 3 is 2.78 bits per heavy atom. The molecule has 90 valence electrons. The van der Waals surface area contributed by atoms with Gasteiger partial charge in [0.25, 0.3) is 0 Å². The molecule has 0 saturated carbocycles. The Kier molecular flexibility index (Phi) is 2.23. The van der Waals surface area contributed by atoms with Crippen LogP contribution in [-0.4, -0.2) is 14.7 Å². The first-order chi connectivity index (χ1) is 8.65. The minimum Gasteiger partial charge on any atom is -0.508 e. The number of hydrogen-bond acceptors (Lipinski definition) is 3. The molecule has 3 rings (SSSR count). The second-order valence-electron chi connectivity index (χ2n) is 4.32. The molecule has 0 spiro atoms. The van der Waals surface area contributed by atoms with Crippen LogP contribution in [0.4, 0.5) is 5.95 Å². The van der Waals surface area contributed by atoms with Gasteiger partial charge < -0.3 is 10.8 Å². The SMILES string of the molecule is Cc1cccc(-n2c(N)nc3cc(O)ccc32)c1. The van der Waals surface area contributed by atoms with Gasteiger partial charge in [-0.25, -0.2) is 4.98 Å². The van der Waals surface area contributed by atoms with E-state index in [1.165, 1.54) is 0 Å². The molecule has 3 N–H and O–H groups in total. The number of nitrogens with zero attached hydrogens (tertiary/aromatic N) is 2. The molecule has 1 aromatic heterocycles. The molecule has 2 aromatic carbocycles. The maximum absolute atomic E-state index is 9.46. The molecule has 0 atom stereocenters. The summed E-state index contributed by atoms with van der Waals surface area (Å²) >= 11 is 0. The number of imidazole rings is 1. The van der Waals surface area contributed by atoms with Crippen LogP contribution in [0.3, 0.4) is 0 Å². The van der Waals surface area contributed by atoms with Gasteiger partial charge in [-0.3, -0.25) is 4.57 Å². The second kappa shape index (κ2) is 3.77. The number of aromatic nitrogens is 2. The highest BCUT2D eigenvalue weighted by Crippen LogP contribution is 2.26. The molecular weight excluding hydrogens is 226 g/mol. The highest BCUT2D eigenvalue weighted by atomic mass is 16.3. The summed E-state index contributed by atoms with van der Waals surface area (Å²) in [4.78, 5) is 4.26. The van der Waals surface area contributed by atoms with Crippen molar-refractivity contribution in [3.8, 4) is 11.4 Å². The monoisotopic (exact) mass is 239 g/mol. The lowest BCUT2D eigenvalue weighted by Gasteiger charge is -2.07. The van der Waals surface area contributed by atoms with E-state index in [1.807, 2.05) is 41.8 Å². The number of benzene rings is 2. The second-order valence-corrected chi connectivity index (χ2v) is 4.32. The Morgan fingerprint density at radius 2 is 2.00 bits per heavy atom. The van der Waals surface area contributed by atoms with E-state index in [4.69, 9.17) is 5.73 Å². The number of fused-ring (bicyclic) bond motifs is 1. The third-order valence-electron chi connectivity index (χ3n) is 2.92. The largest absolute Gasteiger partial charge is 0.508 e. The summed E-state index contributed by atoms with van der Waals surface area (Å²) in [5.74, 6) is 0.609. The lowest BCUT2D eigenvalue weighted by atomic mass is 10.2. The molecule has 18 heavy (non-hydrogen) atoms. The minimum atomic E-state index is 0.191. The molecular formula is C14H13N3O. The van der Waals surface area contributed by atoms with Crippen molar-refractivity contribution in [3.05, 3.63) is 48.0 Å². The summed E-state index contributed by atoms with van der Waals surface area (Å²) in [7, 11) is 0. The number of anilines is 1. The molecule has 0 saturated heterocycles.